The number of rotatable bonds is 6. The van der Waals surface area contributed by atoms with Crippen molar-refractivity contribution in [3.05, 3.63) is 68.3 Å². The van der Waals surface area contributed by atoms with Gasteiger partial charge < -0.3 is 19.2 Å². The Kier molecular flexibility index (Phi) is 5.44. The number of nitro groups is 1. The molecule has 3 rings (SSSR count). The minimum Gasteiger partial charge on any atom is -0.493 e. The zero-order valence-electron chi connectivity index (χ0n) is 15.8. The van der Waals surface area contributed by atoms with Crippen molar-refractivity contribution in [2.24, 2.45) is 0 Å². The molecule has 0 saturated heterocycles. The van der Waals surface area contributed by atoms with E-state index in [1.807, 2.05) is 0 Å². The summed E-state index contributed by atoms with van der Waals surface area (Å²) in [5.41, 5.74) is -0.765. The zero-order chi connectivity index (χ0) is 21.1. The normalized spacial score (nSPS) is 11.7. The van der Waals surface area contributed by atoms with Crippen LogP contribution in [0.3, 0.4) is 0 Å². The fourth-order valence-corrected chi connectivity index (χ4v) is 2.76. The van der Waals surface area contributed by atoms with Crippen LogP contribution in [-0.2, 0) is 4.74 Å². The highest BCUT2D eigenvalue weighted by Gasteiger charge is 2.27. The number of nitrogens with zero attached hydrogens (tertiary/aromatic N) is 2. The summed E-state index contributed by atoms with van der Waals surface area (Å²) in [7, 11) is 2.66. The topological polar surface area (TPSA) is 134 Å². The van der Waals surface area contributed by atoms with Gasteiger partial charge in [0, 0.05) is 6.07 Å². The second-order valence-corrected chi connectivity index (χ2v) is 6.00. The van der Waals surface area contributed by atoms with E-state index >= 15 is 0 Å². The Hall–Kier alpha value is -3.95. The van der Waals surface area contributed by atoms with E-state index in [1.54, 1.807) is 24.3 Å². The maximum absolute atomic E-state index is 12.6. The molecule has 150 valence electrons. The van der Waals surface area contributed by atoms with Gasteiger partial charge in [0.05, 0.1) is 36.1 Å². The first-order valence-electron chi connectivity index (χ1n) is 8.46. The fourth-order valence-electron chi connectivity index (χ4n) is 2.76. The molecule has 1 N–H and O–H groups in total. The number of aromatic nitrogens is 2. The molecule has 1 aromatic heterocycles. The molecule has 0 bridgehead atoms. The first kappa shape index (κ1) is 19.8. The third-order valence-electron chi connectivity index (χ3n) is 4.22. The van der Waals surface area contributed by atoms with Gasteiger partial charge in [-0.1, -0.05) is 12.1 Å². The Balaban J connectivity index is 1.96. The summed E-state index contributed by atoms with van der Waals surface area (Å²) in [5, 5.41) is 11.8. The Morgan fingerprint density at radius 1 is 1.17 bits per heavy atom. The summed E-state index contributed by atoms with van der Waals surface area (Å²) in [5.74, 6) is -0.620. The maximum Gasteiger partial charge on any atom is 0.346 e. The van der Waals surface area contributed by atoms with Crippen LogP contribution < -0.4 is 15.0 Å². The first-order valence-corrected chi connectivity index (χ1v) is 8.46. The van der Waals surface area contributed by atoms with Gasteiger partial charge in [-0.15, -0.1) is 0 Å². The van der Waals surface area contributed by atoms with Crippen LogP contribution >= 0.6 is 0 Å². The SMILES string of the molecule is COc1cc(C(=O)OC(C)c2nc3ccccc3c(=O)[nH]2)c([N+](=O)[O-])cc1OC. The molecule has 1 atom stereocenters. The van der Waals surface area contributed by atoms with E-state index in [-0.39, 0.29) is 28.4 Å². The van der Waals surface area contributed by atoms with Gasteiger partial charge in [-0.2, -0.15) is 0 Å². The lowest BCUT2D eigenvalue weighted by molar-refractivity contribution is -0.385. The molecule has 29 heavy (non-hydrogen) atoms. The van der Waals surface area contributed by atoms with Gasteiger partial charge in [0.1, 0.15) is 5.56 Å². The van der Waals surface area contributed by atoms with Crippen LogP contribution in [0, 0.1) is 10.1 Å². The van der Waals surface area contributed by atoms with Gasteiger partial charge in [0.2, 0.25) is 0 Å². The van der Waals surface area contributed by atoms with Crippen LogP contribution in [-0.4, -0.2) is 35.1 Å². The molecule has 0 fully saturated rings. The summed E-state index contributed by atoms with van der Waals surface area (Å²) in [6.07, 6.45) is -0.965. The van der Waals surface area contributed by atoms with Gasteiger partial charge >= 0.3 is 5.97 Å². The average Bonchev–Trinajstić information content (AvgIpc) is 2.72. The van der Waals surface area contributed by atoms with Crippen molar-refractivity contribution in [2.75, 3.05) is 14.2 Å². The average molecular weight is 399 g/mol. The monoisotopic (exact) mass is 399 g/mol. The molecule has 1 heterocycles. The number of carbonyl (C=O) groups excluding carboxylic acids is 1. The second kappa shape index (κ2) is 7.97. The molecule has 10 heteroatoms. The molecule has 0 spiro atoms. The van der Waals surface area contributed by atoms with Crippen molar-refractivity contribution in [1.29, 1.82) is 0 Å². The Bertz CT molecular complexity index is 1160. The van der Waals surface area contributed by atoms with Gasteiger partial charge in [-0.3, -0.25) is 14.9 Å². The number of carbonyl (C=O) groups is 1. The number of hydrogen-bond donors (Lipinski definition) is 1. The van der Waals surface area contributed by atoms with Crippen LogP contribution in [0.25, 0.3) is 10.9 Å². The highest BCUT2D eigenvalue weighted by atomic mass is 16.6. The quantitative estimate of drug-likeness (QED) is 0.380. The van der Waals surface area contributed by atoms with Gasteiger partial charge in [0.15, 0.2) is 23.4 Å². The first-order chi connectivity index (χ1) is 13.8. The third kappa shape index (κ3) is 3.86. The number of para-hydroxylation sites is 1. The lowest BCUT2D eigenvalue weighted by atomic mass is 10.1. The molecule has 0 aliphatic carbocycles. The Morgan fingerprint density at radius 3 is 2.48 bits per heavy atom. The van der Waals surface area contributed by atoms with Gasteiger partial charge in [-0.25, -0.2) is 9.78 Å². The van der Waals surface area contributed by atoms with Gasteiger partial charge in [0.25, 0.3) is 11.2 Å². The van der Waals surface area contributed by atoms with Crippen molar-refractivity contribution in [2.45, 2.75) is 13.0 Å². The molecule has 0 aliphatic heterocycles. The maximum atomic E-state index is 12.6. The minimum absolute atomic E-state index is 0.101. The van der Waals surface area contributed by atoms with E-state index in [1.165, 1.54) is 27.2 Å². The summed E-state index contributed by atoms with van der Waals surface area (Å²) < 4.78 is 15.5. The lowest BCUT2D eigenvalue weighted by Gasteiger charge is -2.14. The number of esters is 1. The number of nitrogens with one attached hydrogen (secondary N) is 1. The molecule has 10 nitrogen and oxygen atoms in total. The Morgan fingerprint density at radius 2 is 1.83 bits per heavy atom. The molecule has 1 unspecified atom stereocenters. The summed E-state index contributed by atoms with van der Waals surface area (Å²) >= 11 is 0. The van der Waals surface area contributed by atoms with E-state index < -0.39 is 22.7 Å². The molecule has 2 aromatic carbocycles. The number of fused-ring (bicyclic) bond motifs is 1. The molecule has 3 aromatic rings. The standard InChI is InChI=1S/C19H17N3O7/c1-10(17-20-13-7-5-4-6-11(13)18(23)21-17)29-19(24)12-8-15(27-2)16(28-3)9-14(12)22(25)26/h4-10H,1-3H3,(H,20,21,23). The number of aromatic amines is 1. The van der Waals surface area contributed by atoms with Crippen LogP contribution in [0.2, 0.25) is 0 Å². The summed E-state index contributed by atoms with van der Waals surface area (Å²) in [6, 6.07) is 8.95. The van der Waals surface area contributed by atoms with Crippen molar-refractivity contribution in [3.63, 3.8) is 0 Å². The molecular formula is C19H17N3O7. The van der Waals surface area contributed by atoms with Crippen molar-refractivity contribution >= 4 is 22.6 Å². The Labute approximate surface area is 164 Å². The molecular weight excluding hydrogens is 382 g/mol. The van der Waals surface area contributed by atoms with Gasteiger partial charge in [-0.05, 0) is 19.1 Å². The second-order valence-electron chi connectivity index (χ2n) is 6.00. The number of benzene rings is 2. The van der Waals surface area contributed by atoms with Crippen molar-refractivity contribution in [3.8, 4) is 11.5 Å². The van der Waals surface area contributed by atoms with Crippen LogP contribution in [0.15, 0.2) is 41.2 Å². The van der Waals surface area contributed by atoms with E-state index in [4.69, 9.17) is 14.2 Å². The number of ether oxygens (including phenoxy) is 3. The van der Waals surface area contributed by atoms with Crippen LogP contribution in [0.4, 0.5) is 5.69 Å². The van der Waals surface area contributed by atoms with Crippen LogP contribution in [0.5, 0.6) is 11.5 Å². The molecule has 0 amide bonds. The number of H-pyrrole nitrogens is 1. The van der Waals surface area contributed by atoms with Crippen molar-refractivity contribution < 1.29 is 23.9 Å². The van der Waals surface area contributed by atoms with E-state index in [0.717, 1.165) is 6.07 Å². The minimum atomic E-state index is -0.971. The smallest absolute Gasteiger partial charge is 0.346 e. The summed E-state index contributed by atoms with van der Waals surface area (Å²) in [4.78, 5) is 42.3. The number of nitro benzene ring substituents is 1. The largest absolute Gasteiger partial charge is 0.493 e. The van der Waals surface area contributed by atoms with E-state index in [2.05, 4.69) is 9.97 Å². The molecule has 0 radical (unpaired) electrons. The lowest BCUT2D eigenvalue weighted by Crippen LogP contribution is -2.18. The van der Waals surface area contributed by atoms with Crippen molar-refractivity contribution in [1.82, 2.24) is 9.97 Å². The zero-order valence-corrected chi connectivity index (χ0v) is 15.8. The highest BCUT2D eigenvalue weighted by Crippen LogP contribution is 2.35. The summed E-state index contributed by atoms with van der Waals surface area (Å²) in [6.45, 7) is 1.50. The third-order valence-corrected chi connectivity index (χ3v) is 4.22. The number of methoxy groups -OCH3 is 2. The predicted octanol–water partition coefficient (Wildman–Crippen LogP) is 2.77. The highest BCUT2D eigenvalue weighted by molar-refractivity contribution is 5.95. The molecule has 0 saturated carbocycles. The van der Waals surface area contributed by atoms with E-state index in [9.17, 15) is 19.7 Å². The molecule has 0 aliphatic rings. The number of hydrogen-bond acceptors (Lipinski definition) is 8. The van der Waals surface area contributed by atoms with Crippen LogP contribution in [0.1, 0.15) is 29.2 Å². The fraction of sp³-hybridized carbons (Fsp3) is 0.211. The predicted molar refractivity (Wildman–Crippen MR) is 102 cm³/mol. The van der Waals surface area contributed by atoms with E-state index in [0.29, 0.717) is 10.9 Å².